The van der Waals surface area contributed by atoms with Crippen molar-refractivity contribution in [1.82, 2.24) is 4.90 Å². The minimum atomic E-state index is 0.0706. The largest absolute Gasteiger partial charge is 0.494 e. The van der Waals surface area contributed by atoms with E-state index in [9.17, 15) is 9.59 Å². The smallest absolute Gasteiger partial charge is 0.224 e. The van der Waals surface area contributed by atoms with Crippen molar-refractivity contribution in [2.75, 3.05) is 19.0 Å². The molecule has 142 valence electrons. The lowest BCUT2D eigenvalue weighted by Crippen LogP contribution is -2.39. The molecule has 2 aliphatic rings. The van der Waals surface area contributed by atoms with Gasteiger partial charge in [-0.1, -0.05) is 6.92 Å². The predicted octanol–water partition coefficient (Wildman–Crippen LogP) is 3.77. The van der Waals surface area contributed by atoms with Crippen LogP contribution in [0.3, 0.4) is 0 Å². The molecule has 1 aliphatic carbocycles. The molecule has 0 bridgehead atoms. The Hall–Kier alpha value is -2.04. The van der Waals surface area contributed by atoms with Crippen LogP contribution in [0.15, 0.2) is 18.2 Å². The van der Waals surface area contributed by atoms with Crippen LogP contribution in [0.5, 0.6) is 5.75 Å². The van der Waals surface area contributed by atoms with Crippen LogP contribution in [0.25, 0.3) is 0 Å². The molecule has 1 aromatic carbocycles. The molecule has 1 fully saturated rings. The molecular weight excluding hydrogens is 328 g/mol. The molecule has 0 saturated heterocycles. The summed E-state index contributed by atoms with van der Waals surface area (Å²) in [7, 11) is 1.95. The summed E-state index contributed by atoms with van der Waals surface area (Å²) in [6.07, 6.45) is 7.24. The van der Waals surface area contributed by atoms with Crippen LogP contribution in [0, 0.1) is 5.92 Å². The maximum atomic E-state index is 12.4. The molecule has 0 aromatic heterocycles. The molecule has 2 amide bonds. The van der Waals surface area contributed by atoms with E-state index in [2.05, 4.69) is 12.2 Å². The number of hydrogen-bond acceptors (Lipinski definition) is 3. The molecule has 1 saturated carbocycles. The van der Waals surface area contributed by atoms with Gasteiger partial charge in [-0.2, -0.15) is 0 Å². The number of rotatable bonds is 6. The van der Waals surface area contributed by atoms with Gasteiger partial charge < -0.3 is 15.0 Å². The quantitative estimate of drug-likeness (QED) is 0.788. The first-order valence-electron chi connectivity index (χ1n) is 9.84. The van der Waals surface area contributed by atoms with Crippen molar-refractivity contribution in [3.05, 3.63) is 23.8 Å². The van der Waals surface area contributed by atoms with Crippen molar-refractivity contribution < 1.29 is 14.3 Å². The number of ether oxygens (including phenoxy) is 1. The highest BCUT2D eigenvalue weighted by Crippen LogP contribution is 2.28. The molecule has 1 heterocycles. The van der Waals surface area contributed by atoms with Gasteiger partial charge in [-0.15, -0.1) is 0 Å². The number of fused-ring (bicyclic) bond motifs is 1. The Labute approximate surface area is 156 Å². The average molecular weight is 358 g/mol. The van der Waals surface area contributed by atoms with Crippen molar-refractivity contribution in [3.63, 3.8) is 0 Å². The van der Waals surface area contributed by atoms with Crippen molar-refractivity contribution >= 4 is 17.5 Å². The summed E-state index contributed by atoms with van der Waals surface area (Å²) in [5.74, 6) is 1.90. The number of amides is 2. The minimum absolute atomic E-state index is 0.0706. The molecular formula is C21H30N2O3. The monoisotopic (exact) mass is 358 g/mol. The lowest BCUT2D eigenvalue weighted by Gasteiger charge is -2.33. The minimum Gasteiger partial charge on any atom is -0.494 e. The third kappa shape index (κ3) is 4.77. The van der Waals surface area contributed by atoms with Gasteiger partial charge in [0.05, 0.1) is 6.61 Å². The Kier molecular flexibility index (Phi) is 6.17. The van der Waals surface area contributed by atoms with Gasteiger partial charge in [0.15, 0.2) is 0 Å². The lowest BCUT2D eigenvalue weighted by atomic mass is 9.86. The van der Waals surface area contributed by atoms with Crippen LogP contribution < -0.4 is 10.1 Å². The molecule has 5 nitrogen and oxygen atoms in total. The highest BCUT2D eigenvalue weighted by atomic mass is 16.5. The van der Waals surface area contributed by atoms with E-state index < -0.39 is 0 Å². The number of aryl methyl sites for hydroxylation is 1. The van der Waals surface area contributed by atoms with E-state index in [0.29, 0.717) is 25.5 Å². The number of carbonyl (C=O) groups excluding carboxylic acids is 2. The van der Waals surface area contributed by atoms with Crippen LogP contribution in [-0.4, -0.2) is 36.4 Å². The Morgan fingerprint density at radius 1 is 1.23 bits per heavy atom. The van der Waals surface area contributed by atoms with E-state index in [0.717, 1.165) is 48.6 Å². The summed E-state index contributed by atoms with van der Waals surface area (Å²) >= 11 is 0. The normalized spacial score (nSPS) is 22.3. The van der Waals surface area contributed by atoms with Crippen molar-refractivity contribution in [1.29, 1.82) is 0 Å². The molecule has 1 aliphatic heterocycles. The zero-order chi connectivity index (χ0) is 18.5. The van der Waals surface area contributed by atoms with Gasteiger partial charge in [0.25, 0.3) is 0 Å². The lowest BCUT2D eigenvalue weighted by molar-refractivity contribution is -0.133. The molecule has 0 atom stereocenters. The number of hydrogen-bond donors (Lipinski definition) is 1. The number of anilines is 1. The predicted molar refractivity (Wildman–Crippen MR) is 102 cm³/mol. The van der Waals surface area contributed by atoms with Crippen LogP contribution in [0.2, 0.25) is 0 Å². The van der Waals surface area contributed by atoms with E-state index in [1.807, 2.05) is 30.1 Å². The zero-order valence-corrected chi connectivity index (χ0v) is 15.9. The summed E-state index contributed by atoms with van der Waals surface area (Å²) in [5, 5.41) is 2.87. The van der Waals surface area contributed by atoms with E-state index in [1.54, 1.807) is 0 Å². The summed E-state index contributed by atoms with van der Waals surface area (Å²) in [4.78, 5) is 25.7. The van der Waals surface area contributed by atoms with E-state index in [4.69, 9.17) is 4.74 Å². The first kappa shape index (κ1) is 18.7. The molecule has 0 spiro atoms. The number of carbonyl (C=O) groups is 2. The van der Waals surface area contributed by atoms with Crippen molar-refractivity contribution in [2.45, 2.75) is 64.3 Å². The second-order valence-electron chi connectivity index (χ2n) is 7.74. The first-order chi connectivity index (χ1) is 12.5. The topological polar surface area (TPSA) is 58.6 Å². The van der Waals surface area contributed by atoms with E-state index in [-0.39, 0.29) is 11.8 Å². The highest BCUT2D eigenvalue weighted by Gasteiger charge is 2.24. The molecule has 1 N–H and O–H groups in total. The summed E-state index contributed by atoms with van der Waals surface area (Å²) in [5.41, 5.74) is 2.00. The fourth-order valence-electron chi connectivity index (χ4n) is 3.87. The Morgan fingerprint density at radius 2 is 2.00 bits per heavy atom. The second kappa shape index (κ2) is 8.56. The van der Waals surface area contributed by atoms with Crippen molar-refractivity contribution in [2.24, 2.45) is 5.92 Å². The maximum Gasteiger partial charge on any atom is 0.224 e. The van der Waals surface area contributed by atoms with Crippen molar-refractivity contribution in [3.8, 4) is 5.75 Å². The molecule has 3 rings (SSSR count). The van der Waals surface area contributed by atoms with Gasteiger partial charge in [-0.3, -0.25) is 9.59 Å². The van der Waals surface area contributed by atoms with Gasteiger partial charge >= 0.3 is 0 Å². The number of nitrogens with one attached hydrogen (secondary N) is 1. The Morgan fingerprint density at radius 3 is 2.77 bits per heavy atom. The number of benzene rings is 1. The molecule has 0 unspecified atom stereocenters. The fourth-order valence-corrected chi connectivity index (χ4v) is 3.87. The van der Waals surface area contributed by atoms with Gasteiger partial charge in [0.2, 0.25) is 11.8 Å². The van der Waals surface area contributed by atoms with Crippen LogP contribution in [0.1, 0.15) is 57.4 Å². The summed E-state index contributed by atoms with van der Waals surface area (Å²) in [6.45, 7) is 2.83. The van der Waals surface area contributed by atoms with Gasteiger partial charge in [0, 0.05) is 31.6 Å². The van der Waals surface area contributed by atoms with Crippen LogP contribution >= 0.6 is 0 Å². The summed E-state index contributed by atoms with van der Waals surface area (Å²) < 4.78 is 5.81. The van der Waals surface area contributed by atoms with E-state index >= 15 is 0 Å². The SMILES string of the molecule is CC1CCC(N(C)C(=O)CCCOc2ccc3c(c2)CCC(=O)N3)CC1. The number of nitrogens with zero attached hydrogens (tertiary/aromatic N) is 1. The third-order valence-electron chi connectivity index (χ3n) is 5.70. The molecule has 1 aromatic rings. The molecule has 26 heavy (non-hydrogen) atoms. The summed E-state index contributed by atoms with van der Waals surface area (Å²) in [6, 6.07) is 6.17. The third-order valence-corrected chi connectivity index (χ3v) is 5.70. The first-order valence-corrected chi connectivity index (χ1v) is 9.84. The van der Waals surface area contributed by atoms with Gasteiger partial charge in [-0.25, -0.2) is 0 Å². The highest BCUT2D eigenvalue weighted by molar-refractivity contribution is 5.94. The molecule has 0 radical (unpaired) electrons. The fraction of sp³-hybridized carbons (Fsp3) is 0.619. The average Bonchev–Trinajstić information content (AvgIpc) is 2.65. The van der Waals surface area contributed by atoms with E-state index in [1.165, 1.54) is 12.8 Å². The van der Waals surface area contributed by atoms with Gasteiger partial charge in [0.1, 0.15) is 5.75 Å². The van der Waals surface area contributed by atoms with Gasteiger partial charge in [-0.05, 0) is 68.2 Å². The second-order valence-corrected chi connectivity index (χ2v) is 7.74. The van der Waals surface area contributed by atoms with Crippen LogP contribution in [-0.2, 0) is 16.0 Å². The van der Waals surface area contributed by atoms with Crippen LogP contribution in [0.4, 0.5) is 5.69 Å². The Bertz CT molecular complexity index is 651. The molecule has 5 heteroatoms. The Balaban J connectivity index is 1.40. The standard InChI is InChI=1S/C21H30N2O3/c1-15-5-8-17(9-6-15)23(2)21(25)4-3-13-26-18-10-11-19-16(14-18)7-12-20(24)22-19/h10-11,14-15,17H,3-9,12-13H2,1-2H3,(H,22,24). The maximum absolute atomic E-state index is 12.4. The zero-order valence-electron chi connectivity index (χ0n) is 15.9.